The highest BCUT2D eigenvalue weighted by atomic mass is 16.1. The molecule has 2 aromatic carbocycles. The van der Waals surface area contributed by atoms with Crippen molar-refractivity contribution in [1.29, 1.82) is 0 Å². The average molecular weight is 440 g/mol. The molecule has 0 radical (unpaired) electrons. The van der Waals surface area contributed by atoms with E-state index in [9.17, 15) is 4.79 Å². The summed E-state index contributed by atoms with van der Waals surface area (Å²) in [7, 11) is 0. The van der Waals surface area contributed by atoms with Crippen LogP contribution in [0.25, 0.3) is 5.69 Å². The zero-order chi connectivity index (χ0) is 22.6. The molecule has 0 atom stereocenters. The summed E-state index contributed by atoms with van der Waals surface area (Å²) in [5.74, 6) is 1.36. The summed E-state index contributed by atoms with van der Waals surface area (Å²) in [5.41, 5.74) is 3.88. The molecule has 1 fully saturated rings. The van der Waals surface area contributed by atoms with Gasteiger partial charge in [0.05, 0.1) is 5.69 Å². The molecule has 2 N–H and O–H groups in total. The highest BCUT2D eigenvalue weighted by molar-refractivity contribution is 6.04. The predicted octanol–water partition coefficient (Wildman–Crippen LogP) is 4.57. The van der Waals surface area contributed by atoms with Gasteiger partial charge >= 0.3 is 0 Å². The van der Waals surface area contributed by atoms with Crippen LogP contribution in [0.15, 0.2) is 73.1 Å². The third kappa shape index (κ3) is 4.85. The van der Waals surface area contributed by atoms with Gasteiger partial charge in [-0.05, 0) is 68.3 Å². The van der Waals surface area contributed by atoms with Crippen molar-refractivity contribution in [2.45, 2.75) is 19.8 Å². The molecule has 0 saturated carbocycles. The number of carbonyl (C=O) groups excluding carboxylic acids is 1. The van der Waals surface area contributed by atoms with E-state index in [0.717, 1.165) is 36.0 Å². The number of hydrogen-bond donors (Lipinski definition) is 2. The minimum Gasteiger partial charge on any atom is -0.356 e. The van der Waals surface area contributed by atoms with E-state index in [1.807, 2.05) is 67.7 Å². The fraction of sp³-hybridized carbons (Fsp3) is 0.200. The van der Waals surface area contributed by atoms with Gasteiger partial charge < -0.3 is 15.5 Å². The van der Waals surface area contributed by atoms with Gasteiger partial charge in [-0.1, -0.05) is 6.07 Å². The molecule has 8 heteroatoms. The highest BCUT2D eigenvalue weighted by Gasteiger charge is 2.15. The van der Waals surface area contributed by atoms with Gasteiger partial charge in [-0.25, -0.2) is 9.67 Å². The zero-order valence-corrected chi connectivity index (χ0v) is 18.4. The minimum absolute atomic E-state index is 0.179. The molecule has 0 spiro atoms. The lowest BCUT2D eigenvalue weighted by molar-refractivity contribution is 0.102. The molecule has 4 aromatic rings. The van der Waals surface area contributed by atoms with Crippen molar-refractivity contribution < 1.29 is 4.79 Å². The average Bonchev–Trinajstić information content (AvgIpc) is 3.55. The van der Waals surface area contributed by atoms with E-state index in [1.165, 1.54) is 12.8 Å². The fourth-order valence-electron chi connectivity index (χ4n) is 3.90. The number of benzene rings is 2. The van der Waals surface area contributed by atoms with Crippen LogP contribution in [-0.2, 0) is 0 Å². The lowest BCUT2D eigenvalue weighted by Gasteiger charge is -2.17. The van der Waals surface area contributed by atoms with Crippen molar-refractivity contribution in [3.8, 4) is 5.69 Å². The quantitative estimate of drug-likeness (QED) is 0.458. The molecular formula is C25H25N7O. The number of nitrogens with zero attached hydrogens (tertiary/aromatic N) is 5. The number of carbonyl (C=O) groups is 1. The van der Waals surface area contributed by atoms with Crippen LogP contribution < -0.4 is 15.5 Å². The van der Waals surface area contributed by atoms with E-state index < -0.39 is 0 Å². The van der Waals surface area contributed by atoms with Gasteiger partial charge in [0, 0.05) is 54.2 Å². The van der Waals surface area contributed by atoms with Crippen LogP contribution in [0, 0.1) is 6.92 Å². The fourth-order valence-corrected chi connectivity index (χ4v) is 3.90. The first kappa shape index (κ1) is 20.7. The summed E-state index contributed by atoms with van der Waals surface area (Å²) >= 11 is 0. The Hall–Kier alpha value is -4.20. The number of hydrogen-bond acceptors (Lipinski definition) is 6. The first-order valence-corrected chi connectivity index (χ1v) is 11.0. The normalized spacial score (nSPS) is 13.2. The Morgan fingerprint density at radius 3 is 2.48 bits per heavy atom. The maximum Gasteiger partial charge on any atom is 0.255 e. The molecule has 2 aromatic heterocycles. The third-order valence-electron chi connectivity index (χ3n) is 5.55. The van der Waals surface area contributed by atoms with Crippen LogP contribution in [0.1, 0.15) is 28.9 Å². The molecule has 5 rings (SSSR count). The summed E-state index contributed by atoms with van der Waals surface area (Å²) in [6.07, 6.45) is 5.95. The number of aromatic nitrogens is 4. The highest BCUT2D eigenvalue weighted by Crippen LogP contribution is 2.23. The number of anilines is 4. The summed E-state index contributed by atoms with van der Waals surface area (Å²) in [4.78, 5) is 24.2. The summed E-state index contributed by atoms with van der Waals surface area (Å²) < 4.78 is 1.72. The second-order valence-electron chi connectivity index (χ2n) is 8.04. The molecular weight excluding hydrogens is 414 g/mol. The van der Waals surface area contributed by atoms with Crippen molar-refractivity contribution in [3.05, 3.63) is 84.3 Å². The van der Waals surface area contributed by atoms with Crippen molar-refractivity contribution >= 4 is 29.0 Å². The SMILES string of the molecule is Cc1cc(N2CCCC2)nc(Nc2ccc(NC(=O)c3cccc(-n4cccn4)c3)cc2)n1. The molecule has 1 aliphatic heterocycles. The molecule has 3 heterocycles. The molecule has 0 aliphatic carbocycles. The molecule has 0 bridgehead atoms. The first-order valence-electron chi connectivity index (χ1n) is 11.0. The monoisotopic (exact) mass is 439 g/mol. The number of nitrogens with one attached hydrogen (secondary N) is 2. The second-order valence-corrected chi connectivity index (χ2v) is 8.04. The van der Waals surface area contributed by atoms with Crippen molar-refractivity contribution in [2.75, 3.05) is 28.6 Å². The smallest absolute Gasteiger partial charge is 0.255 e. The summed E-state index contributed by atoms with van der Waals surface area (Å²) in [6.45, 7) is 4.05. The van der Waals surface area contributed by atoms with E-state index in [2.05, 4.69) is 30.6 Å². The molecule has 1 amide bonds. The zero-order valence-electron chi connectivity index (χ0n) is 18.4. The predicted molar refractivity (Wildman–Crippen MR) is 129 cm³/mol. The van der Waals surface area contributed by atoms with Crippen molar-refractivity contribution in [3.63, 3.8) is 0 Å². The minimum atomic E-state index is -0.179. The molecule has 0 unspecified atom stereocenters. The Labute approximate surface area is 192 Å². The van der Waals surface area contributed by atoms with Crippen LogP contribution in [0.3, 0.4) is 0 Å². The van der Waals surface area contributed by atoms with Gasteiger partial charge in [-0.15, -0.1) is 0 Å². The van der Waals surface area contributed by atoms with Crippen LogP contribution in [-0.4, -0.2) is 38.7 Å². The van der Waals surface area contributed by atoms with Crippen LogP contribution in [0.2, 0.25) is 0 Å². The Balaban J connectivity index is 1.26. The lowest BCUT2D eigenvalue weighted by Crippen LogP contribution is -2.19. The standard InChI is InChI=1S/C25H25N7O/c1-18-16-23(31-13-2-3-14-31)30-25(27-18)29-21-10-8-20(9-11-21)28-24(33)19-6-4-7-22(17-19)32-15-5-12-26-32/h4-12,15-17H,2-3,13-14H2,1H3,(H,28,33)(H,27,29,30). The van der Waals surface area contributed by atoms with E-state index in [4.69, 9.17) is 0 Å². The van der Waals surface area contributed by atoms with Crippen molar-refractivity contribution in [2.24, 2.45) is 0 Å². The van der Waals surface area contributed by atoms with Gasteiger partial charge in [-0.2, -0.15) is 10.1 Å². The first-order chi connectivity index (χ1) is 16.1. The molecule has 33 heavy (non-hydrogen) atoms. The molecule has 1 saturated heterocycles. The second kappa shape index (κ2) is 9.12. The Morgan fingerprint density at radius 1 is 0.939 bits per heavy atom. The van der Waals surface area contributed by atoms with Crippen LogP contribution in [0.4, 0.5) is 23.1 Å². The molecule has 8 nitrogen and oxygen atoms in total. The third-order valence-corrected chi connectivity index (χ3v) is 5.55. The number of rotatable bonds is 6. The molecule has 1 aliphatic rings. The summed E-state index contributed by atoms with van der Waals surface area (Å²) in [5, 5.41) is 10.4. The van der Waals surface area contributed by atoms with Gasteiger partial charge in [0.25, 0.3) is 5.91 Å². The van der Waals surface area contributed by atoms with Crippen LogP contribution >= 0.6 is 0 Å². The Kier molecular flexibility index (Phi) is 5.72. The topological polar surface area (TPSA) is 88.0 Å². The largest absolute Gasteiger partial charge is 0.356 e. The van der Waals surface area contributed by atoms with Gasteiger partial charge in [-0.3, -0.25) is 4.79 Å². The van der Waals surface area contributed by atoms with E-state index >= 15 is 0 Å². The van der Waals surface area contributed by atoms with E-state index in [0.29, 0.717) is 17.2 Å². The maximum absolute atomic E-state index is 12.7. The maximum atomic E-state index is 12.7. The lowest BCUT2D eigenvalue weighted by atomic mass is 10.2. The number of aryl methyl sites for hydroxylation is 1. The van der Waals surface area contributed by atoms with Gasteiger partial charge in [0.2, 0.25) is 5.95 Å². The van der Waals surface area contributed by atoms with Gasteiger partial charge in [0.1, 0.15) is 5.82 Å². The van der Waals surface area contributed by atoms with E-state index in [1.54, 1.807) is 16.9 Å². The Morgan fingerprint density at radius 2 is 1.73 bits per heavy atom. The van der Waals surface area contributed by atoms with Crippen LogP contribution in [0.5, 0.6) is 0 Å². The Bertz CT molecular complexity index is 1250. The summed E-state index contributed by atoms with van der Waals surface area (Å²) in [6, 6.07) is 18.7. The number of amides is 1. The van der Waals surface area contributed by atoms with Crippen molar-refractivity contribution in [1.82, 2.24) is 19.7 Å². The molecule has 166 valence electrons. The van der Waals surface area contributed by atoms with Gasteiger partial charge in [0.15, 0.2) is 0 Å². The van der Waals surface area contributed by atoms with E-state index in [-0.39, 0.29) is 5.91 Å².